The monoisotopic (exact) mass is 403 g/mol. The van der Waals surface area contributed by atoms with Gasteiger partial charge in [-0.25, -0.2) is 0 Å². The normalized spacial score (nSPS) is 10.8. The highest BCUT2D eigenvalue weighted by molar-refractivity contribution is 9.10. The highest BCUT2D eigenvalue weighted by Crippen LogP contribution is 2.20. The second-order valence-corrected chi connectivity index (χ2v) is 6.43. The smallest absolute Gasteiger partial charge is 0.263 e. The van der Waals surface area contributed by atoms with E-state index in [9.17, 15) is 10.1 Å². The molecule has 6 heteroatoms. The minimum atomic E-state index is -0.435. The molecule has 0 aromatic heterocycles. The topological polar surface area (TPSA) is 64.9 Å². The van der Waals surface area contributed by atoms with Crippen molar-refractivity contribution in [1.29, 1.82) is 5.26 Å². The van der Waals surface area contributed by atoms with Crippen LogP contribution < -0.4 is 10.6 Å². The maximum atomic E-state index is 12.1. The van der Waals surface area contributed by atoms with E-state index in [4.69, 9.17) is 11.6 Å². The van der Waals surface area contributed by atoms with Crippen LogP contribution in [0.25, 0.3) is 0 Å². The van der Waals surface area contributed by atoms with E-state index >= 15 is 0 Å². The lowest BCUT2D eigenvalue weighted by Crippen LogP contribution is -2.24. The first kappa shape index (κ1) is 18.1. The number of rotatable bonds is 5. The van der Waals surface area contributed by atoms with Gasteiger partial charge in [0.2, 0.25) is 0 Å². The van der Waals surface area contributed by atoms with Gasteiger partial charge in [-0.05, 0) is 48.4 Å². The van der Waals surface area contributed by atoms with Gasteiger partial charge in [-0.2, -0.15) is 5.26 Å². The number of hydrogen-bond acceptors (Lipinski definition) is 3. The van der Waals surface area contributed by atoms with Gasteiger partial charge in [0, 0.05) is 27.9 Å². The molecule has 0 atom stereocenters. The van der Waals surface area contributed by atoms with Crippen LogP contribution >= 0.6 is 27.5 Å². The first-order chi connectivity index (χ1) is 11.5. The summed E-state index contributed by atoms with van der Waals surface area (Å²) in [6.45, 7) is 2.26. The zero-order chi connectivity index (χ0) is 17.5. The lowest BCUT2D eigenvalue weighted by atomic mass is 10.2. The molecule has 0 saturated heterocycles. The Hall–Kier alpha value is -2.29. The lowest BCUT2D eigenvalue weighted by Gasteiger charge is -2.08. The predicted molar refractivity (Wildman–Crippen MR) is 99.5 cm³/mol. The van der Waals surface area contributed by atoms with Crippen LogP contribution in [0.4, 0.5) is 5.69 Å². The van der Waals surface area contributed by atoms with Crippen LogP contribution in [-0.2, 0) is 11.3 Å². The fourth-order valence-electron chi connectivity index (χ4n) is 1.97. The van der Waals surface area contributed by atoms with E-state index in [1.807, 2.05) is 43.3 Å². The maximum absolute atomic E-state index is 12.1. The molecule has 0 bridgehead atoms. The Kier molecular flexibility index (Phi) is 6.42. The molecule has 2 aromatic carbocycles. The Labute approximate surface area is 154 Å². The summed E-state index contributed by atoms with van der Waals surface area (Å²) >= 11 is 9.21. The van der Waals surface area contributed by atoms with Gasteiger partial charge in [0.1, 0.15) is 11.6 Å². The predicted octanol–water partition coefficient (Wildman–Crippen LogP) is 4.55. The van der Waals surface area contributed by atoms with Crippen LogP contribution in [-0.4, -0.2) is 5.91 Å². The summed E-state index contributed by atoms with van der Waals surface area (Å²) < 4.78 is 0.968. The summed E-state index contributed by atoms with van der Waals surface area (Å²) in [4.78, 5) is 12.1. The van der Waals surface area contributed by atoms with Gasteiger partial charge in [0.05, 0.1) is 0 Å². The molecule has 0 aliphatic carbocycles. The summed E-state index contributed by atoms with van der Waals surface area (Å²) in [7, 11) is 0. The first-order valence-electron chi connectivity index (χ1n) is 7.15. The number of halogens is 2. The number of aryl methyl sites for hydroxylation is 1. The highest BCUT2D eigenvalue weighted by Gasteiger charge is 2.09. The number of anilines is 1. The van der Waals surface area contributed by atoms with E-state index in [1.54, 1.807) is 12.1 Å². The van der Waals surface area contributed by atoms with Crippen molar-refractivity contribution in [3.63, 3.8) is 0 Å². The molecule has 2 rings (SSSR count). The van der Waals surface area contributed by atoms with Crippen molar-refractivity contribution in [2.45, 2.75) is 13.5 Å². The standard InChI is InChI=1S/C18H15BrClN3O/c1-12-8-15(19)4-7-17(12)22-11-14(9-21)18(24)23-10-13-2-5-16(20)6-3-13/h2-8,11,22H,10H2,1H3,(H,23,24)/b14-11-. The first-order valence-corrected chi connectivity index (χ1v) is 8.32. The molecular weight excluding hydrogens is 390 g/mol. The Bertz CT molecular complexity index is 810. The quantitative estimate of drug-likeness (QED) is 0.568. The number of nitrogens with zero attached hydrogens (tertiary/aromatic N) is 1. The van der Waals surface area contributed by atoms with Gasteiger partial charge < -0.3 is 10.6 Å². The van der Waals surface area contributed by atoms with E-state index in [0.717, 1.165) is 21.3 Å². The molecular formula is C18H15BrClN3O. The van der Waals surface area contributed by atoms with Gasteiger partial charge in [0.15, 0.2) is 0 Å². The number of carbonyl (C=O) groups excluding carboxylic acids is 1. The fraction of sp³-hybridized carbons (Fsp3) is 0.111. The van der Waals surface area contributed by atoms with Crippen molar-refractivity contribution in [3.8, 4) is 6.07 Å². The number of benzene rings is 2. The van der Waals surface area contributed by atoms with Gasteiger partial charge in [-0.3, -0.25) is 4.79 Å². The largest absolute Gasteiger partial charge is 0.360 e. The van der Waals surface area contributed by atoms with Gasteiger partial charge in [-0.1, -0.05) is 39.7 Å². The molecule has 1 amide bonds. The van der Waals surface area contributed by atoms with Crippen LogP contribution in [0.5, 0.6) is 0 Å². The molecule has 2 N–H and O–H groups in total. The van der Waals surface area contributed by atoms with Crippen molar-refractivity contribution in [3.05, 3.63) is 74.9 Å². The summed E-state index contributed by atoms with van der Waals surface area (Å²) in [5, 5.41) is 15.5. The molecule has 0 heterocycles. The third kappa shape index (κ3) is 5.12. The molecule has 0 aliphatic rings. The summed E-state index contributed by atoms with van der Waals surface area (Å²) in [5.74, 6) is -0.435. The van der Waals surface area contributed by atoms with E-state index in [1.165, 1.54) is 6.20 Å². The average molecular weight is 405 g/mol. The average Bonchev–Trinajstić information content (AvgIpc) is 2.56. The number of hydrogen-bond donors (Lipinski definition) is 2. The van der Waals surface area contributed by atoms with Crippen molar-refractivity contribution in [2.24, 2.45) is 0 Å². The van der Waals surface area contributed by atoms with Crippen molar-refractivity contribution in [2.75, 3.05) is 5.32 Å². The second kappa shape index (κ2) is 8.53. The van der Waals surface area contributed by atoms with Gasteiger partial charge >= 0.3 is 0 Å². The van der Waals surface area contributed by atoms with E-state index in [-0.39, 0.29) is 5.57 Å². The zero-order valence-electron chi connectivity index (χ0n) is 12.9. The lowest BCUT2D eigenvalue weighted by molar-refractivity contribution is -0.117. The Morgan fingerprint density at radius 2 is 2.00 bits per heavy atom. The Morgan fingerprint density at radius 1 is 1.29 bits per heavy atom. The third-order valence-corrected chi connectivity index (χ3v) is 4.04. The summed E-state index contributed by atoms with van der Waals surface area (Å²) in [6, 6.07) is 14.8. The molecule has 0 spiro atoms. The number of nitrogens with one attached hydrogen (secondary N) is 2. The molecule has 2 aromatic rings. The minimum Gasteiger partial charge on any atom is -0.360 e. The van der Waals surface area contributed by atoms with Crippen molar-refractivity contribution in [1.82, 2.24) is 5.32 Å². The van der Waals surface area contributed by atoms with Crippen LogP contribution in [0.1, 0.15) is 11.1 Å². The van der Waals surface area contributed by atoms with E-state index in [2.05, 4.69) is 26.6 Å². The minimum absolute atomic E-state index is 0.00582. The van der Waals surface area contributed by atoms with E-state index in [0.29, 0.717) is 11.6 Å². The fourth-order valence-corrected chi connectivity index (χ4v) is 2.57. The third-order valence-electron chi connectivity index (χ3n) is 3.29. The van der Waals surface area contributed by atoms with Crippen molar-refractivity contribution >= 4 is 39.1 Å². The molecule has 122 valence electrons. The zero-order valence-corrected chi connectivity index (χ0v) is 15.3. The maximum Gasteiger partial charge on any atom is 0.263 e. The highest BCUT2D eigenvalue weighted by atomic mass is 79.9. The van der Waals surface area contributed by atoms with Gasteiger partial charge in [-0.15, -0.1) is 0 Å². The van der Waals surface area contributed by atoms with Crippen LogP contribution in [0, 0.1) is 18.3 Å². The Balaban J connectivity index is 2.00. The molecule has 0 unspecified atom stereocenters. The van der Waals surface area contributed by atoms with E-state index < -0.39 is 5.91 Å². The SMILES string of the molecule is Cc1cc(Br)ccc1N/C=C(/C#N)C(=O)NCc1ccc(Cl)cc1. The summed E-state index contributed by atoms with van der Waals surface area (Å²) in [5.41, 5.74) is 2.74. The van der Waals surface area contributed by atoms with Crippen LogP contribution in [0.3, 0.4) is 0 Å². The molecule has 0 fully saturated rings. The number of nitriles is 1. The summed E-state index contributed by atoms with van der Waals surface area (Å²) in [6.07, 6.45) is 1.41. The molecule has 24 heavy (non-hydrogen) atoms. The number of amides is 1. The van der Waals surface area contributed by atoms with Crippen LogP contribution in [0.2, 0.25) is 5.02 Å². The van der Waals surface area contributed by atoms with Gasteiger partial charge in [0.25, 0.3) is 5.91 Å². The molecule has 4 nitrogen and oxygen atoms in total. The van der Waals surface area contributed by atoms with Crippen LogP contribution in [0.15, 0.2) is 58.7 Å². The number of carbonyl (C=O) groups is 1. The second-order valence-electron chi connectivity index (χ2n) is 5.08. The van der Waals surface area contributed by atoms with Crippen molar-refractivity contribution < 1.29 is 4.79 Å². The Morgan fingerprint density at radius 3 is 2.62 bits per heavy atom. The molecule has 0 saturated carbocycles. The molecule has 0 aliphatic heterocycles. The molecule has 0 radical (unpaired) electrons.